The molecule has 0 fully saturated rings. The van der Waals surface area contributed by atoms with Gasteiger partial charge in [-0.25, -0.2) is 4.68 Å². The van der Waals surface area contributed by atoms with Crippen LogP contribution in [-0.2, 0) is 10.9 Å². The second kappa shape index (κ2) is 12.0. The monoisotopic (exact) mass is 540 g/mol. The first kappa shape index (κ1) is 27.6. The van der Waals surface area contributed by atoms with Gasteiger partial charge in [-0.05, 0) is 80.1 Å². The minimum atomic E-state index is -4.55. The van der Waals surface area contributed by atoms with Gasteiger partial charge in [0.1, 0.15) is 12.4 Å². The first-order valence-electron chi connectivity index (χ1n) is 12.1. The fraction of sp³-hybridized carbons (Fsp3) is 0.250. The Hall–Kier alpha value is -4.38. The van der Waals surface area contributed by atoms with Crippen LogP contribution in [0.15, 0.2) is 66.7 Å². The molecule has 1 amide bonds. The van der Waals surface area contributed by atoms with E-state index >= 15 is 0 Å². The predicted molar refractivity (Wildman–Crippen MR) is 139 cm³/mol. The molecule has 0 spiro atoms. The van der Waals surface area contributed by atoms with E-state index in [2.05, 4.69) is 15.4 Å². The maximum atomic E-state index is 13.3. The van der Waals surface area contributed by atoms with Gasteiger partial charge in [0.25, 0.3) is 5.91 Å². The van der Waals surface area contributed by atoms with E-state index in [0.717, 1.165) is 11.6 Å². The zero-order chi connectivity index (χ0) is 28.0. The summed E-state index contributed by atoms with van der Waals surface area (Å²) in [7, 11) is 1.58. The summed E-state index contributed by atoms with van der Waals surface area (Å²) in [6.07, 6.45) is -4.55. The molecule has 1 N–H and O–H groups in total. The van der Waals surface area contributed by atoms with Gasteiger partial charge >= 0.3 is 12.2 Å². The third-order valence-corrected chi connectivity index (χ3v) is 5.77. The van der Waals surface area contributed by atoms with Gasteiger partial charge in [0.15, 0.2) is 5.82 Å². The van der Waals surface area contributed by atoms with Gasteiger partial charge in [0, 0.05) is 23.4 Å². The Labute approximate surface area is 223 Å². The van der Waals surface area contributed by atoms with Crippen LogP contribution >= 0.6 is 0 Å². The topological polar surface area (TPSA) is 87.5 Å². The van der Waals surface area contributed by atoms with Crippen LogP contribution < -0.4 is 14.8 Å². The Morgan fingerprint density at radius 3 is 2.36 bits per heavy atom. The fourth-order valence-corrected chi connectivity index (χ4v) is 3.76. The summed E-state index contributed by atoms with van der Waals surface area (Å²) in [6.45, 7) is 4.48. The summed E-state index contributed by atoms with van der Waals surface area (Å²) in [5.41, 5.74) is 0.897. The Balaban J connectivity index is 1.57. The molecule has 4 rings (SSSR count). The Morgan fingerprint density at radius 1 is 1.00 bits per heavy atom. The Bertz CT molecular complexity index is 1420. The van der Waals surface area contributed by atoms with Crippen molar-refractivity contribution in [3.8, 4) is 28.8 Å². The summed E-state index contributed by atoms with van der Waals surface area (Å²) < 4.78 is 57.6. The molecule has 0 aliphatic heterocycles. The molecule has 1 heterocycles. The molecule has 204 valence electrons. The molecule has 0 aliphatic rings. The first-order chi connectivity index (χ1) is 18.7. The van der Waals surface area contributed by atoms with Crippen LogP contribution in [-0.4, -0.2) is 47.6 Å². The Kier molecular flexibility index (Phi) is 8.50. The fourth-order valence-electron chi connectivity index (χ4n) is 3.76. The van der Waals surface area contributed by atoms with E-state index in [1.54, 1.807) is 48.2 Å². The molecule has 0 unspecified atom stereocenters. The largest absolute Gasteiger partial charge is 0.497 e. The van der Waals surface area contributed by atoms with Crippen molar-refractivity contribution >= 4 is 11.6 Å². The number of anilines is 1. The number of alkyl halides is 3. The highest BCUT2D eigenvalue weighted by atomic mass is 19.4. The number of ether oxygens (including phenoxy) is 3. The van der Waals surface area contributed by atoms with Gasteiger partial charge in [-0.15, -0.1) is 5.10 Å². The van der Waals surface area contributed by atoms with Gasteiger partial charge in [-0.2, -0.15) is 18.2 Å². The van der Waals surface area contributed by atoms with Crippen molar-refractivity contribution in [1.82, 2.24) is 14.8 Å². The molecule has 8 nitrogen and oxygen atoms in total. The molecule has 1 aromatic heterocycles. The third kappa shape index (κ3) is 6.74. The van der Waals surface area contributed by atoms with Gasteiger partial charge in [-0.3, -0.25) is 4.79 Å². The number of carbonyl (C=O) groups excluding carboxylic acids is 1. The molecule has 0 saturated heterocycles. The summed E-state index contributed by atoms with van der Waals surface area (Å²) in [6, 6.07) is 17.6. The number of nitrogens with zero attached hydrogens (tertiary/aromatic N) is 3. The summed E-state index contributed by atoms with van der Waals surface area (Å²) in [5.74, 6) is 0.548. The molecule has 39 heavy (non-hydrogen) atoms. The lowest BCUT2D eigenvalue weighted by Crippen LogP contribution is -2.15. The van der Waals surface area contributed by atoms with E-state index in [-0.39, 0.29) is 23.7 Å². The number of nitrogens with one attached hydrogen (secondary N) is 1. The number of rotatable bonds is 10. The number of carbonyl (C=O) groups is 1. The quantitative estimate of drug-likeness (QED) is 0.251. The minimum absolute atomic E-state index is 0.0464. The number of aromatic nitrogens is 3. The van der Waals surface area contributed by atoms with Gasteiger partial charge < -0.3 is 19.5 Å². The third-order valence-electron chi connectivity index (χ3n) is 5.77. The number of benzene rings is 3. The van der Waals surface area contributed by atoms with E-state index in [9.17, 15) is 18.0 Å². The highest BCUT2D eigenvalue weighted by molar-refractivity contribution is 6.04. The maximum Gasteiger partial charge on any atom is 0.416 e. The smallest absolute Gasteiger partial charge is 0.416 e. The molecule has 0 atom stereocenters. The number of halogens is 3. The van der Waals surface area contributed by atoms with E-state index in [1.165, 1.54) is 19.1 Å². The zero-order valence-corrected chi connectivity index (χ0v) is 21.6. The number of aryl methyl sites for hydroxylation is 1. The van der Waals surface area contributed by atoms with Crippen LogP contribution in [0, 0.1) is 6.92 Å². The van der Waals surface area contributed by atoms with Crippen LogP contribution in [0.25, 0.3) is 17.1 Å². The molecular weight excluding hydrogens is 513 g/mol. The lowest BCUT2D eigenvalue weighted by molar-refractivity contribution is -0.138. The summed E-state index contributed by atoms with van der Waals surface area (Å²) >= 11 is 0. The molecule has 0 saturated carbocycles. The number of methoxy groups -OCH3 is 1. The average Bonchev–Trinajstić information content (AvgIpc) is 3.35. The molecule has 0 radical (unpaired) electrons. The Morgan fingerprint density at radius 2 is 1.72 bits per heavy atom. The van der Waals surface area contributed by atoms with Crippen LogP contribution in [0.3, 0.4) is 0 Å². The second-order valence-electron chi connectivity index (χ2n) is 8.43. The highest BCUT2D eigenvalue weighted by Gasteiger charge is 2.33. The van der Waals surface area contributed by atoms with E-state index in [4.69, 9.17) is 14.2 Å². The van der Waals surface area contributed by atoms with Gasteiger partial charge in [0.05, 0.1) is 25.0 Å². The number of hydrogen-bond donors (Lipinski definition) is 1. The molecule has 0 aliphatic carbocycles. The molecule has 0 bridgehead atoms. The summed E-state index contributed by atoms with van der Waals surface area (Å²) in [4.78, 5) is 17.2. The first-order valence-corrected chi connectivity index (χ1v) is 12.1. The van der Waals surface area contributed by atoms with Crippen LogP contribution in [0.2, 0.25) is 0 Å². The average molecular weight is 541 g/mol. The van der Waals surface area contributed by atoms with Gasteiger partial charge in [-0.1, -0.05) is 6.07 Å². The maximum absolute atomic E-state index is 13.3. The van der Waals surface area contributed by atoms with Crippen molar-refractivity contribution in [2.24, 2.45) is 0 Å². The molecule has 3 aromatic carbocycles. The van der Waals surface area contributed by atoms with Crippen molar-refractivity contribution in [1.29, 1.82) is 0 Å². The zero-order valence-electron chi connectivity index (χ0n) is 21.6. The SMILES string of the molecule is CCOCCOc1nc(-c2ccc(OC)cc2)n(-c2ccc(NC(=O)c3ccc(C)c(C(F)(F)F)c3)cc2)n1. The van der Waals surface area contributed by atoms with Gasteiger partial charge in [0.2, 0.25) is 0 Å². The minimum Gasteiger partial charge on any atom is -0.497 e. The second-order valence-corrected chi connectivity index (χ2v) is 8.43. The van der Waals surface area contributed by atoms with Crippen molar-refractivity contribution in [2.45, 2.75) is 20.0 Å². The molecular formula is C28H27F3N4O4. The predicted octanol–water partition coefficient (Wildman–Crippen LogP) is 5.94. The van der Waals surface area contributed by atoms with Crippen molar-refractivity contribution in [3.05, 3.63) is 83.4 Å². The van der Waals surface area contributed by atoms with E-state index < -0.39 is 17.6 Å². The molecule has 11 heteroatoms. The standard InChI is InChI=1S/C28H27F3N4O4/c1-4-38-15-16-39-27-33-25(19-7-13-23(37-3)14-8-19)35(34-27)22-11-9-21(10-12-22)32-26(36)20-6-5-18(2)24(17-20)28(29,30)31/h5-14,17H,4,15-16H2,1-3H3,(H,32,36). The van der Waals surface area contributed by atoms with Crippen LogP contribution in [0.4, 0.5) is 18.9 Å². The summed E-state index contributed by atoms with van der Waals surface area (Å²) in [5, 5.41) is 7.11. The lowest BCUT2D eigenvalue weighted by Gasteiger charge is -2.12. The lowest BCUT2D eigenvalue weighted by atomic mass is 10.0. The van der Waals surface area contributed by atoms with E-state index in [0.29, 0.717) is 36.2 Å². The van der Waals surface area contributed by atoms with Crippen molar-refractivity contribution in [3.63, 3.8) is 0 Å². The number of amides is 1. The highest BCUT2D eigenvalue weighted by Crippen LogP contribution is 2.32. The van der Waals surface area contributed by atoms with Crippen LogP contribution in [0.1, 0.15) is 28.4 Å². The van der Waals surface area contributed by atoms with Crippen LogP contribution in [0.5, 0.6) is 11.8 Å². The number of hydrogen-bond acceptors (Lipinski definition) is 6. The molecule has 4 aromatic rings. The van der Waals surface area contributed by atoms with E-state index in [1.807, 2.05) is 19.1 Å². The van der Waals surface area contributed by atoms with Crippen molar-refractivity contribution < 1.29 is 32.2 Å². The van der Waals surface area contributed by atoms with Crippen molar-refractivity contribution in [2.75, 3.05) is 32.2 Å². The normalized spacial score (nSPS) is 11.3.